The summed E-state index contributed by atoms with van der Waals surface area (Å²) in [6.07, 6.45) is 9.66. The highest BCUT2D eigenvalue weighted by Crippen LogP contribution is 2.20. The van der Waals surface area contributed by atoms with Crippen LogP contribution in [0.15, 0.2) is 18.6 Å². The molecule has 0 aliphatic carbocycles. The summed E-state index contributed by atoms with van der Waals surface area (Å²) in [5.41, 5.74) is 0. The lowest BCUT2D eigenvalue weighted by Gasteiger charge is -2.32. The van der Waals surface area contributed by atoms with Crippen LogP contribution in [0.25, 0.3) is 0 Å². The van der Waals surface area contributed by atoms with Gasteiger partial charge in [-0.3, -0.25) is 0 Å². The molecule has 130 valence electrons. The lowest BCUT2D eigenvalue weighted by Crippen LogP contribution is -2.46. The number of carbonyl (C=O) groups excluding carboxylic acids is 1. The van der Waals surface area contributed by atoms with Crippen molar-refractivity contribution >= 4 is 17.4 Å². The van der Waals surface area contributed by atoms with Crippen LogP contribution in [0.3, 0.4) is 0 Å². The number of aromatic nitrogens is 3. The minimum Gasteiger partial charge on any atom is -0.338 e. The summed E-state index contributed by atoms with van der Waals surface area (Å²) >= 11 is 1.69. The van der Waals surface area contributed by atoms with E-state index in [-0.39, 0.29) is 6.03 Å². The molecule has 1 saturated heterocycles. The van der Waals surface area contributed by atoms with Crippen LogP contribution in [0.5, 0.6) is 0 Å². The molecule has 1 fully saturated rings. The number of thiazole rings is 1. The van der Waals surface area contributed by atoms with Crippen molar-refractivity contribution in [1.29, 1.82) is 0 Å². The molecule has 0 unspecified atom stereocenters. The number of hydrogen-bond donors (Lipinski definition) is 1. The van der Waals surface area contributed by atoms with Crippen LogP contribution in [-0.2, 0) is 19.9 Å². The van der Waals surface area contributed by atoms with Gasteiger partial charge in [-0.1, -0.05) is 0 Å². The Hall–Kier alpha value is -1.89. The first-order chi connectivity index (χ1) is 11.6. The van der Waals surface area contributed by atoms with Crippen molar-refractivity contribution in [3.05, 3.63) is 34.3 Å². The molecule has 6 nitrogen and oxygen atoms in total. The van der Waals surface area contributed by atoms with E-state index in [1.807, 2.05) is 30.5 Å². The first-order valence-corrected chi connectivity index (χ1v) is 9.33. The standard InChI is InChI=1S/C17H25N5OS/c1-13-11-20-16(24-13)5-6-19-17(23)22-8-3-4-14(12-22)10-15-18-7-9-21(15)2/h7,9,11,14H,3-6,8,10,12H2,1-2H3,(H,19,23)/t14-/m0/s1. The minimum absolute atomic E-state index is 0.0489. The molecule has 1 atom stereocenters. The van der Waals surface area contributed by atoms with Gasteiger partial charge in [0.05, 0.1) is 5.01 Å². The number of rotatable bonds is 5. The molecule has 3 rings (SSSR count). The number of urea groups is 1. The van der Waals surface area contributed by atoms with Crippen molar-refractivity contribution in [3.63, 3.8) is 0 Å². The number of hydrogen-bond acceptors (Lipinski definition) is 4. The third-order valence-electron chi connectivity index (χ3n) is 4.48. The van der Waals surface area contributed by atoms with E-state index < -0.39 is 0 Å². The molecule has 0 spiro atoms. The van der Waals surface area contributed by atoms with E-state index in [2.05, 4.69) is 26.8 Å². The molecule has 2 aromatic heterocycles. The van der Waals surface area contributed by atoms with Gasteiger partial charge in [-0.05, 0) is 25.7 Å². The number of nitrogens with one attached hydrogen (secondary N) is 1. The Balaban J connectivity index is 1.45. The Kier molecular flexibility index (Phi) is 5.50. The quantitative estimate of drug-likeness (QED) is 0.903. The zero-order valence-electron chi connectivity index (χ0n) is 14.4. The fourth-order valence-electron chi connectivity index (χ4n) is 3.17. The van der Waals surface area contributed by atoms with Crippen LogP contribution in [0, 0.1) is 12.8 Å². The first-order valence-electron chi connectivity index (χ1n) is 8.52. The van der Waals surface area contributed by atoms with E-state index in [0.29, 0.717) is 12.5 Å². The molecule has 0 saturated carbocycles. The van der Waals surface area contributed by atoms with Crippen molar-refractivity contribution in [2.75, 3.05) is 19.6 Å². The third-order valence-corrected chi connectivity index (χ3v) is 5.46. The number of imidazole rings is 1. The highest BCUT2D eigenvalue weighted by Gasteiger charge is 2.24. The number of carbonyl (C=O) groups is 1. The summed E-state index contributed by atoms with van der Waals surface area (Å²) in [6, 6.07) is 0.0489. The van der Waals surface area contributed by atoms with E-state index in [4.69, 9.17) is 0 Å². The molecule has 3 heterocycles. The average molecular weight is 347 g/mol. The monoisotopic (exact) mass is 347 g/mol. The molecule has 1 N–H and O–H groups in total. The fraction of sp³-hybridized carbons (Fsp3) is 0.588. The smallest absolute Gasteiger partial charge is 0.317 e. The summed E-state index contributed by atoms with van der Waals surface area (Å²) in [4.78, 5) is 24.3. The molecule has 0 radical (unpaired) electrons. The molecule has 7 heteroatoms. The number of amides is 2. The molecular formula is C17H25N5OS. The summed E-state index contributed by atoms with van der Waals surface area (Å²) in [6.45, 7) is 4.36. The summed E-state index contributed by atoms with van der Waals surface area (Å²) in [7, 11) is 2.02. The molecule has 2 amide bonds. The number of nitrogens with zero attached hydrogens (tertiary/aromatic N) is 4. The Morgan fingerprint density at radius 3 is 3.04 bits per heavy atom. The van der Waals surface area contributed by atoms with E-state index in [0.717, 1.165) is 49.6 Å². The Bertz CT molecular complexity index is 680. The van der Waals surface area contributed by atoms with Crippen LogP contribution < -0.4 is 5.32 Å². The van der Waals surface area contributed by atoms with Gasteiger partial charge < -0.3 is 14.8 Å². The molecular weight excluding hydrogens is 322 g/mol. The lowest BCUT2D eigenvalue weighted by atomic mass is 9.94. The second-order valence-corrected chi connectivity index (χ2v) is 7.78. The van der Waals surface area contributed by atoms with Gasteiger partial charge in [-0.25, -0.2) is 14.8 Å². The molecule has 0 bridgehead atoms. The number of aryl methyl sites for hydroxylation is 2. The van der Waals surface area contributed by atoms with Crippen molar-refractivity contribution in [2.45, 2.75) is 32.6 Å². The third kappa shape index (κ3) is 4.35. The Morgan fingerprint density at radius 1 is 1.46 bits per heavy atom. The van der Waals surface area contributed by atoms with Crippen molar-refractivity contribution in [2.24, 2.45) is 13.0 Å². The van der Waals surface area contributed by atoms with E-state index >= 15 is 0 Å². The molecule has 0 aromatic carbocycles. The van der Waals surface area contributed by atoms with Crippen molar-refractivity contribution in [1.82, 2.24) is 24.8 Å². The van der Waals surface area contributed by atoms with Gasteiger partial charge in [-0.2, -0.15) is 0 Å². The van der Waals surface area contributed by atoms with Crippen LogP contribution in [0.1, 0.15) is 28.6 Å². The second kappa shape index (κ2) is 7.79. The first kappa shape index (κ1) is 17.0. The van der Waals surface area contributed by atoms with Crippen molar-refractivity contribution < 1.29 is 4.79 Å². The topological polar surface area (TPSA) is 63.1 Å². The molecule has 24 heavy (non-hydrogen) atoms. The van der Waals surface area contributed by atoms with Crippen molar-refractivity contribution in [3.8, 4) is 0 Å². The fourth-order valence-corrected chi connectivity index (χ4v) is 3.96. The van der Waals surface area contributed by atoms with Gasteiger partial charge in [0.25, 0.3) is 0 Å². The number of likely N-dealkylation sites (tertiary alicyclic amines) is 1. The van der Waals surface area contributed by atoms with Gasteiger partial charge >= 0.3 is 6.03 Å². The van der Waals surface area contributed by atoms with Gasteiger partial charge in [0.15, 0.2) is 0 Å². The van der Waals surface area contributed by atoms with Gasteiger partial charge in [0, 0.05) is 63.0 Å². The minimum atomic E-state index is 0.0489. The predicted octanol–water partition coefficient (Wildman–Crippen LogP) is 2.39. The summed E-state index contributed by atoms with van der Waals surface area (Å²) in [5.74, 6) is 1.59. The SMILES string of the molecule is Cc1cnc(CCNC(=O)N2CCC[C@@H](Cc3nccn3C)C2)s1. The Labute approximate surface area is 146 Å². The largest absolute Gasteiger partial charge is 0.338 e. The van der Waals surface area contributed by atoms with Crippen LogP contribution in [0.2, 0.25) is 0 Å². The zero-order chi connectivity index (χ0) is 16.9. The van der Waals surface area contributed by atoms with E-state index in [9.17, 15) is 4.79 Å². The Morgan fingerprint density at radius 2 is 2.33 bits per heavy atom. The van der Waals surface area contributed by atoms with Crippen LogP contribution in [0.4, 0.5) is 4.79 Å². The summed E-state index contributed by atoms with van der Waals surface area (Å²) in [5, 5.41) is 4.12. The maximum absolute atomic E-state index is 12.4. The predicted molar refractivity (Wildman–Crippen MR) is 95.2 cm³/mol. The van der Waals surface area contributed by atoms with E-state index in [1.54, 1.807) is 11.3 Å². The highest BCUT2D eigenvalue weighted by molar-refractivity contribution is 7.11. The van der Waals surface area contributed by atoms with Gasteiger partial charge in [0.2, 0.25) is 0 Å². The van der Waals surface area contributed by atoms with Crippen LogP contribution >= 0.6 is 11.3 Å². The molecule has 2 aromatic rings. The normalized spacial score (nSPS) is 17.9. The summed E-state index contributed by atoms with van der Waals surface area (Å²) < 4.78 is 2.06. The lowest BCUT2D eigenvalue weighted by molar-refractivity contribution is 0.164. The molecule has 1 aliphatic rings. The van der Waals surface area contributed by atoms with Gasteiger partial charge in [-0.15, -0.1) is 11.3 Å². The average Bonchev–Trinajstić information content (AvgIpc) is 3.16. The second-order valence-electron chi connectivity index (χ2n) is 6.46. The molecule has 1 aliphatic heterocycles. The number of piperidine rings is 1. The van der Waals surface area contributed by atoms with Crippen LogP contribution in [-0.4, -0.2) is 45.1 Å². The van der Waals surface area contributed by atoms with Gasteiger partial charge in [0.1, 0.15) is 5.82 Å². The van der Waals surface area contributed by atoms with E-state index in [1.165, 1.54) is 4.88 Å². The maximum Gasteiger partial charge on any atom is 0.317 e. The zero-order valence-corrected chi connectivity index (χ0v) is 15.2. The maximum atomic E-state index is 12.4. The highest BCUT2D eigenvalue weighted by atomic mass is 32.1.